The number of nitriles is 1. The molecule has 0 atom stereocenters. The number of imidazole rings is 1. The lowest BCUT2D eigenvalue weighted by Crippen LogP contribution is -2.43. The molecule has 0 spiro atoms. The molecular formula is C23H23FN8S. The number of benzene rings is 1. The predicted octanol–water partition coefficient (Wildman–Crippen LogP) is 3.60. The molecule has 8 nitrogen and oxygen atoms in total. The van der Waals surface area contributed by atoms with E-state index in [1.54, 1.807) is 12.1 Å². The highest BCUT2D eigenvalue weighted by atomic mass is 32.1. The number of aryl methyl sites for hydroxylation is 1. The van der Waals surface area contributed by atoms with Crippen molar-refractivity contribution in [3.05, 3.63) is 53.0 Å². The van der Waals surface area contributed by atoms with Crippen LogP contribution in [0.4, 0.5) is 21.0 Å². The van der Waals surface area contributed by atoms with E-state index in [-0.39, 0.29) is 5.82 Å². The molecule has 0 unspecified atom stereocenters. The van der Waals surface area contributed by atoms with E-state index in [9.17, 15) is 9.65 Å². The molecule has 1 aromatic carbocycles. The van der Waals surface area contributed by atoms with Gasteiger partial charge in [-0.15, -0.1) is 0 Å². The zero-order valence-electron chi connectivity index (χ0n) is 18.4. The van der Waals surface area contributed by atoms with E-state index in [1.165, 1.54) is 23.5 Å². The lowest BCUT2D eigenvalue weighted by molar-refractivity contribution is 0.588. The molecule has 1 N–H and O–H groups in total. The minimum absolute atomic E-state index is 0.323. The van der Waals surface area contributed by atoms with Crippen molar-refractivity contribution in [1.29, 1.82) is 5.26 Å². The molecule has 33 heavy (non-hydrogen) atoms. The number of nitrogens with one attached hydrogen (secondary N) is 1. The van der Waals surface area contributed by atoms with Crippen molar-refractivity contribution in [2.75, 3.05) is 43.0 Å². The summed E-state index contributed by atoms with van der Waals surface area (Å²) in [4.78, 5) is 18.8. The van der Waals surface area contributed by atoms with Crippen molar-refractivity contribution in [3.63, 3.8) is 0 Å². The lowest BCUT2D eigenvalue weighted by Gasteiger charge is -2.29. The van der Waals surface area contributed by atoms with Crippen LogP contribution < -0.4 is 15.1 Å². The highest BCUT2D eigenvalue weighted by Gasteiger charge is 2.23. The number of piperazine rings is 1. The Kier molecular flexibility index (Phi) is 5.66. The van der Waals surface area contributed by atoms with Crippen molar-refractivity contribution in [2.24, 2.45) is 0 Å². The van der Waals surface area contributed by atoms with Crippen molar-refractivity contribution in [1.82, 2.24) is 24.7 Å². The van der Waals surface area contributed by atoms with E-state index in [0.29, 0.717) is 27.0 Å². The number of nitrogens with zero attached hydrogens (tertiary/aromatic N) is 7. The second kappa shape index (κ2) is 8.77. The Morgan fingerprint density at radius 1 is 1.21 bits per heavy atom. The molecule has 1 fully saturated rings. The Hall–Kier alpha value is -3.55. The molecule has 0 aliphatic carbocycles. The van der Waals surface area contributed by atoms with Crippen LogP contribution in [0, 0.1) is 17.1 Å². The van der Waals surface area contributed by atoms with Crippen LogP contribution in [0.25, 0.3) is 17.0 Å². The maximum Gasteiger partial charge on any atom is 0.235 e. The average Bonchev–Trinajstić information content (AvgIpc) is 3.46. The lowest BCUT2D eigenvalue weighted by atomic mass is 10.1. The summed E-state index contributed by atoms with van der Waals surface area (Å²) in [5.74, 6) is 1.18. The van der Waals surface area contributed by atoms with Gasteiger partial charge >= 0.3 is 0 Å². The molecule has 0 radical (unpaired) electrons. The van der Waals surface area contributed by atoms with Gasteiger partial charge in [-0.2, -0.15) is 5.26 Å². The third-order valence-electron chi connectivity index (χ3n) is 5.77. The van der Waals surface area contributed by atoms with E-state index < -0.39 is 0 Å². The standard InChI is InChI=1S/C23H23FN8S/c1-3-18-21(32-14-17(13-27-22(32)28-18)31-10-8-26-9-11-31)30(2)23-29-20(19(12-25)33-23)15-4-6-16(24)7-5-15/h4-7,13-14,26H,3,8-11H2,1-2H3. The van der Waals surface area contributed by atoms with Crippen LogP contribution in [0.1, 0.15) is 17.5 Å². The number of anilines is 3. The first-order chi connectivity index (χ1) is 16.1. The number of fused-ring (bicyclic) bond motifs is 1. The second-order valence-corrected chi connectivity index (χ2v) is 8.78. The van der Waals surface area contributed by atoms with Crippen LogP contribution in [0.3, 0.4) is 0 Å². The molecule has 1 saturated heterocycles. The van der Waals surface area contributed by atoms with Gasteiger partial charge in [0.05, 0.1) is 17.6 Å². The fourth-order valence-electron chi connectivity index (χ4n) is 4.06. The maximum absolute atomic E-state index is 13.4. The first-order valence-electron chi connectivity index (χ1n) is 10.8. The highest BCUT2D eigenvalue weighted by Crippen LogP contribution is 2.37. The normalized spacial score (nSPS) is 13.9. The number of thiazole rings is 1. The molecule has 0 bridgehead atoms. The Morgan fingerprint density at radius 3 is 2.67 bits per heavy atom. The Balaban J connectivity index is 1.58. The van der Waals surface area contributed by atoms with E-state index in [2.05, 4.69) is 34.4 Å². The number of aromatic nitrogens is 4. The molecule has 4 aromatic rings. The summed E-state index contributed by atoms with van der Waals surface area (Å²) >= 11 is 1.30. The fraction of sp³-hybridized carbons (Fsp3) is 0.304. The maximum atomic E-state index is 13.4. The van der Waals surface area contributed by atoms with Crippen LogP contribution >= 0.6 is 11.3 Å². The van der Waals surface area contributed by atoms with Crippen molar-refractivity contribution in [3.8, 4) is 17.3 Å². The zero-order chi connectivity index (χ0) is 22.9. The molecule has 168 valence electrons. The minimum Gasteiger partial charge on any atom is -0.367 e. The van der Waals surface area contributed by atoms with Gasteiger partial charge in [0.15, 0.2) is 5.13 Å². The van der Waals surface area contributed by atoms with Gasteiger partial charge in [-0.3, -0.25) is 4.40 Å². The monoisotopic (exact) mass is 462 g/mol. The van der Waals surface area contributed by atoms with E-state index in [4.69, 9.17) is 9.97 Å². The first kappa shape index (κ1) is 21.3. The van der Waals surface area contributed by atoms with Gasteiger partial charge < -0.3 is 15.1 Å². The molecule has 1 aliphatic rings. The van der Waals surface area contributed by atoms with Gasteiger partial charge in [0.25, 0.3) is 0 Å². The smallest absolute Gasteiger partial charge is 0.235 e. The molecule has 5 rings (SSSR count). The number of rotatable bonds is 5. The van der Waals surface area contributed by atoms with E-state index >= 15 is 0 Å². The molecule has 0 saturated carbocycles. The zero-order valence-corrected chi connectivity index (χ0v) is 19.2. The summed E-state index contributed by atoms with van der Waals surface area (Å²) in [5.41, 5.74) is 3.21. The highest BCUT2D eigenvalue weighted by molar-refractivity contribution is 7.16. The summed E-state index contributed by atoms with van der Waals surface area (Å²) in [5, 5.41) is 13.7. The number of hydrogen-bond donors (Lipinski definition) is 1. The van der Waals surface area contributed by atoms with Crippen LogP contribution in [-0.2, 0) is 6.42 Å². The van der Waals surface area contributed by atoms with Crippen LogP contribution in [-0.4, -0.2) is 52.6 Å². The molecule has 10 heteroatoms. The van der Waals surface area contributed by atoms with E-state index in [1.807, 2.05) is 22.5 Å². The largest absolute Gasteiger partial charge is 0.367 e. The van der Waals surface area contributed by atoms with Crippen molar-refractivity contribution >= 4 is 33.8 Å². The SMILES string of the molecule is CCc1nc2ncc(N3CCNCC3)cn2c1N(C)c1nc(-c2ccc(F)cc2)c(C#N)s1. The molecule has 3 aromatic heterocycles. The van der Waals surface area contributed by atoms with Gasteiger partial charge in [-0.05, 0) is 30.7 Å². The van der Waals surface area contributed by atoms with Crippen LogP contribution in [0.2, 0.25) is 0 Å². The Morgan fingerprint density at radius 2 is 1.97 bits per heavy atom. The van der Waals surface area contributed by atoms with Gasteiger partial charge in [-0.1, -0.05) is 18.3 Å². The molecule has 4 heterocycles. The predicted molar refractivity (Wildman–Crippen MR) is 128 cm³/mol. The van der Waals surface area contributed by atoms with Gasteiger partial charge in [0.2, 0.25) is 5.78 Å². The van der Waals surface area contributed by atoms with E-state index in [0.717, 1.165) is 49.8 Å². The summed E-state index contributed by atoms with van der Waals surface area (Å²) in [6, 6.07) is 8.28. The summed E-state index contributed by atoms with van der Waals surface area (Å²) in [6.07, 6.45) is 4.68. The number of halogens is 1. The minimum atomic E-state index is -0.323. The third kappa shape index (κ3) is 3.90. The summed E-state index contributed by atoms with van der Waals surface area (Å²) < 4.78 is 15.4. The Bertz CT molecular complexity index is 1330. The topological polar surface area (TPSA) is 85.4 Å². The number of hydrogen-bond acceptors (Lipinski definition) is 8. The summed E-state index contributed by atoms with van der Waals surface area (Å²) in [7, 11) is 1.93. The van der Waals surface area contributed by atoms with Crippen molar-refractivity contribution in [2.45, 2.75) is 13.3 Å². The molecule has 0 amide bonds. The molecule has 1 aliphatic heterocycles. The average molecular weight is 463 g/mol. The molecular weight excluding hydrogens is 439 g/mol. The first-order valence-corrected chi connectivity index (χ1v) is 11.6. The quantitative estimate of drug-likeness (QED) is 0.485. The van der Waals surface area contributed by atoms with Crippen molar-refractivity contribution < 1.29 is 4.39 Å². The van der Waals surface area contributed by atoms with Gasteiger partial charge in [-0.25, -0.2) is 19.3 Å². The van der Waals surface area contributed by atoms with Gasteiger partial charge in [0, 0.05) is 45.0 Å². The fourth-order valence-corrected chi connectivity index (χ4v) is 4.91. The van der Waals surface area contributed by atoms with Gasteiger partial charge in [0.1, 0.15) is 28.3 Å². The van der Waals surface area contributed by atoms with Crippen LogP contribution in [0.15, 0.2) is 36.7 Å². The third-order valence-corrected chi connectivity index (χ3v) is 6.80. The second-order valence-electron chi connectivity index (χ2n) is 7.81. The summed E-state index contributed by atoms with van der Waals surface area (Å²) in [6.45, 7) is 5.79. The Labute approximate surface area is 195 Å². The van der Waals surface area contributed by atoms with Crippen LogP contribution in [0.5, 0.6) is 0 Å².